The number of carbonyl (C=O) groups excluding carboxylic acids is 3. The molecular weight excluding hydrogens is 402 g/mol. The lowest BCUT2D eigenvalue weighted by Crippen LogP contribution is -2.46. The highest BCUT2D eigenvalue weighted by Gasteiger charge is 2.51. The van der Waals surface area contributed by atoms with Gasteiger partial charge >= 0.3 is 23.6 Å². The topological polar surface area (TPSA) is 145 Å². The summed E-state index contributed by atoms with van der Waals surface area (Å²) in [5.74, 6) is -2.01. The van der Waals surface area contributed by atoms with Crippen LogP contribution in [0.2, 0.25) is 0 Å². The van der Waals surface area contributed by atoms with E-state index >= 15 is 0 Å². The minimum absolute atomic E-state index is 0.173. The standard InChI is InChI=1S/C18H25N3O9/c1-5-6-7-20-14(25)8-19-21(18(20)26)17-16(29-12(4)24)15(28-11(3)23)13(30-17)9-27-10(2)22/h8,13,15-17H,5-7,9H2,1-4H3/t13-,15+,16+,17+/m1/s1. The molecular formula is C18H25N3O9. The van der Waals surface area contributed by atoms with E-state index in [1.54, 1.807) is 0 Å². The molecule has 1 saturated heterocycles. The summed E-state index contributed by atoms with van der Waals surface area (Å²) in [6, 6.07) is 0. The monoisotopic (exact) mass is 427 g/mol. The van der Waals surface area contributed by atoms with Crippen LogP contribution in [-0.2, 0) is 39.9 Å². The van der Waals surface area contributed by atoms with Crippen molar-refractivity contribution in [2.45, 2.75) is 71.6 Å². The van der Waals surface area contributed by atoms with Gasteiger partial charge in [-0.05, 0) is 6.42 Å². The molecule has 12 heteroatoms. The first-order valence-corrected chi connectivity index (χ1v) is 9.47. The third-order valence-corrected chi connectivity index (χ3v) is 4.30. The molecule has 0 spiro atoms. The zero-order chi connectivity index (χ0) is 22.4. The lowest BCUT2D eigenvalue weighted by molar-refractivity contribution is -0.166. The van der Waals surface area contributed by atoms with Crippen LogP contribution >= 0.6 is 0 Å². The summed E-state index contributed by atoms with van der Waals surface area (Å²) in [5.41, 5.74) is -1.35. The van der Waals surface area contributed by atoms with Gasteiger partial charge in [-0.2, -0.15) is 9.78 Å². The van der Waals surface area contributed by atoms with Gasteiger partial charge in [-0.1, -0.05) is 13.3 Å². The summed E-state index contributed by atoms with van der Waals surface area (Å²) in [4.78, 5) is 59.4. The molecule has 166 valence electrons. The Morgan fingerprint density at radius 1 is 1.07 bits per heavy atom. The van der Waals surface area contributed by atoms with E-state index in [1.807, 2.05) is 6.92 Å². The molecule has 1 aromatic heterocycles. The normalized spacial score (nSPS) is 23.1. The number of ether oxygens (including phenoxy) is 4. The predicted molar refractivity (Wildman–Crippen MR) is 99.3 cm³/mol. The maximum atomic E-state index is 12.9. The lowest BCUT2D eigenvalue weighted by atomic mass is 10.1. The second kappa shape index (κ2) is 10.1. The van der Waals surface area contributed by atoms with Crippen molar-refractivity contribution in [3.63, 3.8) is 0 Å². The van der Waals surface area contributed by atoms with Gasteiger partial charge in [0.25, 0.3) is 5.56 Å². The molecule has 4 atom stereocenters. The van der Waals surface area contributed by atoms with Crippen LogP contribution in [-0.4, -0.2) is 57.2 Å². The zero-order valence-corrected chi connectivity index (χ0v) is 17.2. The molecule has 0 saturated carbocycles. The van der Waals surface area contributed by atoms with E-state index < -0.39 is 53.7 Å². The molecule has 30 heavy (non-hydrogen) atoms. The largest absolute Gasteiger partial charge is 0.463 e. The van der Waals surface area contributed by atoms with E-state index in [-0.39, 0.29) is 13.2 Å². The fourth-order valence-corrected chi connectivity index (χ4v) is 3.03. The molecule has 0 N–H and O–H groups in total. The smallest absolute Gasteiger partial charge is 0.350 e. The predicted octanol–water partition coefficient (Wildman–Crippen LogP) is -0.471. The number of nitrogens with zero attached hydrogens (tertiary/aromatic N) is 3. The summed E-state index contributed by atoms with van der Waals surface area (Å²) in [6.07, 6.45) is -2.47. The summed E-state index contributed by atoms with van der Waals surface area (Å²) in [7, 11) is 0. The van der Waals surface area contributed by atoms with E-state index in [1.165, 1.54) is 6.92 Å². The number of esters is 3. The molecule has 0 bridgehead atoms. The summed E-state index contributed by atoms with van der Waals surface area (Å²) < 4.78 is 23.1. The Morgan fingerprint density at radius 2 is 1.70 bits per heavy atom. The average Bonchev–Trinajstić information content (AvgIpc) is 2.96. The average molecular weight is 427 g/mol. The van der Waals surface area contributed by atoms with Crippen LogP contribution in [0.1, 0.15) is 46.8 Å². The second-order valence-corrected chi connectivity index (χ2v) is 6.73. The number of unbranched alkanes of at least 4 members (excludes halogenated alkanes) is 1. The number of carbonyl (C=O) groups is 3. The fraction of sp³-hybridized carbons (Fsp3) is 0.667. The van der Waals surface area contributed by atoms with Crippen LogP contribution in [0.25, 0.3) is 0 Å². The van der Waals surface area contributed by atoms with Crippen molar-refractivity contribution >= 4 is 17.9 Å². The Labute approximate surface area is 171 Å². The SMILES string of the molecule is CCCCn1c(=O)cnn([C@H]2O[C@H](COC(C)=O)[C@H](OC(C)=O)[C@@H]2OC(C)=O)c1=O. The van der Waals surface area contributed by atoms with E-state index in [9.17, 15) is 24.0 Å². The number of hydrogen-bond donors (Lipinski definition) is 0. The van der Waals surface area contributed by atoms with Crippen molar-refractivity contribution in [1.29, 1.82) is 0 Å². The molecule has 1 aliphatic heterocycles. The van der Waals surface area contributed by atoms with Gasteiger partial charge in [0, 0.05) is 27.3 Å². The number of hydrogen-bond acceptors (Lipinski definition) is 10. The molecule has 0 radical (unpaired) electrons. The van der Waals surface area contributed by atoms with Gasteiger partial charge in [-0.3, -0.25) is 23.7 Å². The highest BCUT2D eigenvalue weighted by Crippen LogP contribution is 2.33. The minimum Gasteiger partial charge on any atom is -0.463 e. The molecule has 0 amide bonds. The summed E-state index contributed by atoms with van der Waals surface area (Å²) >= 11 is 0. The van der Waals surface area contributed by atoms with Crippen LogP contribution in [0, 0.1) is 0 Å². The van der Waals surface area contributed by atoms with Crippen LogP contribution in [0.15, 0.2) is 15.8 Å². The van der Waals surface area contributed by atoms with Crippen molar-refractivity contribution in [2.75, 3.05) is 6.61 Å². The van der Waals surface area contributed by atoms with Crippen molar-refractivity contribution in [3.8, 4) is 0 Å². The van der Waals surface area contributed by atoms with Crippen molar-refractivity contribution in [2.24, 2.45) is 0 Å². The van der Waals surface area contributed by atoms with Gasteiger partial charge in [-0.15, -0.1) is 0 Å². The lowest BCUT2D eigenvalue weighted by Gasteiger charge is -2.23. The van der Waals surface area contributed by atoms with Crippen molar-refractivity contribution in [3.05, 3.63) is 27.0 Å². The Kier molecular flexibility index (Phi) is 7.86. The number of rotatable bonds is 8. The van der Waals surface area contributed by atoms with E-state index in [2.05, 4.69) is 5.10 Å². The summed E-state index contributed by atoms with van der Waals surface area (Å²) in [5, 5.41) is 3.84. The Balaban J connectivity index is 2.48. The minimum atomic E-state index is -1.31. The third-order valence-electron chi connectivity index (χ3n) is 4.30. The van der Waals surface area contributed by atoms with Crippen LogP contribution in [0.5, 0.6) is 0 Å². The van der Waals surface area contributed by atoms with Gasteiger partial charge in [-0.25, -0.2) is 4.79 Å². The van der Waals surface area contributed by atoms with Gasteiger partial charge in [0.1, 0.15) is 18.9 Å². The van der Waals surface area contributed by atoms with Gasteiger partial charge in [0.2, 0.25) is 0 Å². The molecule has 2 rings (SSSR count). The van der Waals surface area contributed by atoms with E-state index in [0.717, 1.165) is 35.7 Å². The Morgan fingerprint density at radius 3 is 2.27 bits per heavy atom. The fourth-order valence-electron chi connectivity index (χ4n) is 3.03. The van der Waals surface area contributed by atoms with Gasteiger partial charge < -0.3 is 18.9 Å². The van der Waals surface area contributed by atoms with E-state index in [0.29, 0.717) is 6.42 Å². The van der Waals surface area contributed by atoms with Crippen molar-refractivity contribution in [1.82, 2.24) is 14.3 Å². The molecule has 1 aliphatic rings. The summed E-state index contributed by atoms with van der Waals surface area (Å²) in [6.45, 7) is 5.24. The Bertz CT molecular complexity index is 907. The van der Waals surface area contributed by atoms with Crippen molar-refractivity contribution < 1.29 is 33.3 Å². The quantitative estimate of drug-likeness (QED) is 0.394. The third kappa shape index (κ3) is 5.53. The molecule has 1 aromatic rings. The van der Waals surface area contributed by atoms with Gasteiger partial charge in [0.05, 0.1) is 0 Å². The maximum Gasteiger partial charge on any atom is 0.350 e. The Hall–Kier alpha value is -3.02. The zero-order valence-electron chi connectivity index (χ0n) is 17.2. The molecule has 0 aromatic carbocycles. The van der Waals surface area contributed by atoms with Crippen LogP contribution < -0.4 is 11.2 Å². The second-order valence-electron chi connectivity index (χ2n) is 6.73. The molecule has 0 unspecified atom stereocenters. The molecule has 2 heterocycles. The first kappa shape index (κ1) is 23.3. The van der Waals surface area contributed by atoms with Crippen LogP contribution in [0.3, 0.4) is 0 Å². The molecule has 12 nitrogen and oxygen atoms in total. The first-order chi connectivity index (χ1) is 14.1. The molecule has 0 aliphatic carbocycles. The van der Waals surface area contributed by atoms with E-state index in [4.69, 9.17) is 18.9 Å². The van der Waals surface area contributed by atoms with Crippen LogP contribution in [0.4, 0.5) is 0 Å². The highest BCUT2D eigenvalue weighted by atomic mass is 16.7. The van der Waals surface area contributed by atoms with Gasteiger partial charge in [0.15, 0.2) is 18.4 Å². The number of aromatic nitrogens is 3. The highest BCUT2D eigenvalue weighted by molar-refractivity contribution is 5.67. The maximum absolute atomic E-state index is 12.9. The molecule has 1 fully saturated rings. The first-order valence-electron chi connectivity index (χ1n) is 9.47.